The Labute approximate surface area is 240 Å². The van der Waals surface area contributed by atoms with Gasteiger partial charge in [-0.25, -0.2) is 4.98 Å². The standard InChI is InChI=1S/C33H37N5O3/c1-21-17-29-31(18-22(21)2)38(32(40)19-34-29)23(3)33(41)36-30(20-37-15-5-6-16-37)27-9-7-25(8-10-27)26-11-13-28(14-12-26)35-24(4)39/h7-14,17-19,23,30H,5-6,15-16,20H2,1-4H3,(H,35,39)(H,36,41). The molecule has 4 aromatic rings. The number of anilines is 1. The summed E-state index contributed by atoms with van der Waals surface area (Å²) in [5.74, 6) is -0.311. The van der Waals surface area contributed by atoms with Crippen molar-refractivity contribution in [3.05, 3.63) is 93.9 Å². The molecule has 1 aliphatic heterocycles. The van der Waals surface area contributed by atoms with Crippen molar-refractivity contribution in [2.24, 2.45) is 0 Å². The summed E-state index contributed by atoms with van der Waals surface area (Å²) in [5, 5.41) is 6.05. The molecule has 2 N–H and O–H groups in total. The lowest BCUT2D eigenvalue weighted by molar-refractivity contribution is -0.124. The Morgan fingerprint density at radius 2 is 1.54 bits per heavy atom. The molecule has 3 aromatic carbocycles. The fourth-order valence-corrected chi connectivity index (χ4v) is 5.51. The molecule has 8 heteroatoms. The number of fused-ring (bicyclic) bond motifs is 1. The van der Waals surface area contributed by atoms with Crippen LogP contribution < -0.4 is 16.2 Å². The topological polar surface area (TPSA) is 96.3 Å². The van der Waals surface area contributed by atoms with Crippen molar-refractivity contribution >= 4 is 28.5 Å². The number of nitrogens with one attached hydrogen (secondary N) is 2. The highest BCUT2D eigenvalue weighted by atomic mass is 16.2. The normalized spacial score (nSPS) is 15.0. The zero-order valence-electron chi connectivity index (χ0n) is 24.1. The van der Waals surface area contributed by atoms with Gasteiger partial charge in [0.2, 0.25) is 11.8 Å². The second kappa shape index (κ2) is 12.1. The van der Waals surface area contributed by atoms with Crippen LogP contribution in [0.5, 0.6) is 0 Å². The molecule has 2 heterocycles. The van der Waals surface area contributed by atoms with Crippen LogP contribution in [0.1, 0.15) is 55.5 Å². The van der Waals surface area contributed by atoms with Gasteiger partial charge in [-0.1, -0.05) is 36.4 Å². The van der Waals surface area contributed by atoms with Gasteiger partial charge in [-0.15, -0.1) is 0 Å². The average Bonchev–Trinajstić information content (AvgIpc) is 3.47. The van der Waals surface area contributed by atoms with Gasteiger partial charge in [0, 0.05) is 19.2 Å². The lowest BCUT2D eigenvalue weighted by atomic mass is 10.00. The Bertz CT molecular complexity index is 1620. The van der Waals surface area contributed by atoms with Crippen LogP contribution in [-0.2, 0) is 9.59 Å². The molecule has 212 valence electrons. The largest absolute Gasteiger partial charge is 0.346 e. The van der Waals surface area contributed by atoms with Gasteiger partial charge in [-0.3, -0.25) is 19.0 Å². The quantitative estimate of drug-likeness (QED) is 0.316. The fourth-order valence-electron chi connectivity index (χ4n) is 5.51. The zero-order valence-corrected chi connectivity index (χ0v) is 24.1. The first kappa shape index (κ1) is 28.2. The summed E-state index contributed by atoms with van der Waals surface area (Å²) < 4.78 is 1.55. The van der Waals surface area contributed by atoms with E-state index in [2.05, 4.69) is 44.8 Å². The van der Waals surface area contributed by atoms with Gasteiger partial charge >= 0.3 is 0 Å². The van der Waals surface area contributed by atoms with E-state index < -0.39 is 6.04 Å². The van der Waals surface area contributed by atoms with E-state index in [1.54, 1.807) is 11.5 Å². The SMILES string of the molecule is CC(=O)Nc1ccc(-c2ccc(C(CN3CCCC3)NC(=O)C(C)n3c(=O)cnc4cc(C)c(C)cc43)cc2)cc1. The fraction of sp³-hybridized carbons (Fsp3) is 0.333. The molecule has 5 rings (SSSR count). The number of benzene rings is 3. The number of aromatic nitrogens is 2. The Hall–Kier alpha value is -4.30. The Balaban J connectivity index is 1.40. The molecule has 1 fully saturated rings. The smallest absolute Gasteiger partial charge is 0.270 e. The molecule has 0 aliphatic carbocycles. The predicted octanol–water partition coefficient (Wildman–Crippen LogP) is 5.15. The number of nitrogens with zero attached hydrogens (tertiary/aromatic N) is 3. The van der Waals surface area contributed by atoms with Crippen LogP contribution in [0.25, 0.3) is 22.2 Å². The third kappa shape index (κ3) is 6.38. The van der Waals surface area contributed by atoms with Gasteiger partial charge in [0.15, 0.2) is 0 Å². The summed E-state index contributed by atoms with van der Waals surface area (Å²) in [7, 11) is 0. The number of amides is 2. The van der Waals surface area contributed by atoms with Crippen molar-refractivity contribution in [3.8, 4) is 11.1 Å². The van der Waals surface area contributed by atoms with Crippen molar-refractivity contribution in [2.75, 3.05) is 25.0 Å². The summed E-state index contributed by atoms with van der Waals surface area (Å²) in [6.45, 7) is 9.98. The van der Waals surface area contributed by atoms with Gasteiger partial charge in [-0.2, -0.15) is 0 Å². The van der Waals surface area contributed by atoms with Gasteiger partial charge in [-0.05, 0) is 98.8 Å². The molecule has 1 saturated heterocycles. The zero-order chi connectivity index (χ0) is 29.1. The highest BCUT2D eigenvalue weighted by molar-refractivity contribution is 5.89. The number of carbonyl (C=O) groups excluding carboxylic acids is 2. The Kier molecular flexibility index (Phi) is 8.31. The lowest BCUT2D eigenvalue weighted by Gasteiger charge is -2.27. The first-order valence-electron chi connectivity index (χ1n) is 14.2. The molecule has 0 bridgehead atoms. The summed E-state index contributed by atoms with van der Waals surface area (Å²) >= 11 is 0. The monoisotopic (exact) mass is 551 g/mol. The second-order valence-electron chi connectivity index (χ2n) is 11.0. The Morgan fingerprint density at radius 3 is 2.17 bits per heavy atom. The van der Waals surface area contributed by atoms with Crippen LogP contribution in [0.2, 0.25) is 0 Å². The Morgan fingerprint density at radius 1 is 0.927 bits per heavy atom. The van der Waals surface area contributed by atoms with Crippen LogP contribution in [0.15, 0.2) is 71.7 Å². The minimum Gasteiger partial charge on any atom is -0.346 e. The molecule has 1 aliphatic rings. The molecule has 8 nitrogen and oxygen atoms in total. The number of aryl methyl sites for hydroxylation is 2. The van der Waals surface area contributed by atoms with Crippen LogP contribution in [0.4, 0.5) is 5.69 Å². The summed E-state index contributed by atoms with van der Waals surface area (Å²) in [4.78, 5) is 44.7. The van der Waals surface area contributed by atoms with Crippen molar-refractivity contribution in [2.45, 2.75) is 52.6 Å². The molecule has 0 saturated carbocycles. The van der Waals surface area contributed by atoms with E-state index in [-0.39, 0.29) is 23.4 Å². The van der Waals surface area contributed by atoms with Gasteiger partial charge in [0.05, 0.1) is 23.3 Å². The van der Waals surface area contributed by atoms with Crippen LogP contribution in [-0.4, -0.2) is 45.9 Å². The van der Waals surface area contributed by atoms with E-state index in [4.69, 9.17) is 0 Å². The van der Waals surface area contributed by atoms with E-state index in [1.807, 2.05) is 50.2 Å². The molecule has 0 radical (unpaired) electrons. The second-order valence-corrected chi connectivity index (χ2v) is 11.0. The molecular formula is C33H37N5O3. The number of rotatable bonds is 8. The third-order valence-corrected chi connectivity index (χ3v) is 7.98. The van der Waals surface area contributed by atoms with Crippen molar-refractivity contribution in [1.82, 2.24) is 19.8 Å². The number of likely N-dealkylation sites (tertiary alicyclic amines) is 1. The maximum Gasteiger partial charge on any atom is 0.270 e. The third-order valence-electron chi connectivity index (χ3n) is 7.98. The molecule has 0 spiro atoms. The van der Waals surface area contributed by atoms with Crippen molar-refractivity contribution < 1.29 is 9.59 Å². The molecular weight excluding hydrogens is 514 g/mol. The predicted molar refractivity (Wildman–Crippen MR) is 163 cm³/mol. The molecule has 41 heavy (non-hydrogen) atoms. The number of hydrogen-bond donors (Lipinski definition) is 2. The maximum absolute atomic E-state index is 13.7. The molecule has 2 unspecified atom stereocenters. The number of hydrogen-bond acceptors (Lipinski definition) is 5. The average molecular weight is 552 g/mol. The number of carbonyl (C=O) groups is 2. The first-order valence-corrected chi connectivity index (χ1v) is 14.2. The minimum absolute atomic E-state index is 0.102. The summed E-state index contributed by atoms with van der Waals surface area (Å²) in [5.41, 5.74) is 7.04. The highest BCUT2D eigenvalue weighted by Crippen LogP contribution is 2.26. The molecule has 1 aromatic heterocycles. The maximum atomic E-state index is 13.7. The van der Waals surface area contributed by atoms with Crippen LogP contribution >= 0.6 is 0 Å². The van der Waals surface area contributed by atoms with E-state index in [1.165, 1.54) is 13.1 Å². The van der Waals surface area contributed by atoms with Gasteiger partial charge in [0.25, 0.3) is 5.56 Å². The summed E-state index contributed by atoms with van der Waals surface area (Å²) in [6.07, 6.45) is 3.60. The van der Waals surface area contributed by atoms with E-state index >= 15 is 0 Å². The highest BCUT2D eigenvalue weighted by Gasteiger charge is 2.25. The molecule has 2 atom stereocenters. The lowest BCUT2D eigenvalue weighted by Crippen LogP contribution is -2.41. The minimum atomic E-state index is -0.711. The van der Waals surface area contributed by atoms with E-state index in [0.717, 1.165) is 59.4 Å². The molecule has 2 amide bonds. The van der Waals surface area contributed by atoms with Crippen LogP contribution in [0.3, 0.4) is 0 Å². The van der Waals surface area contributed by atoms with Crippen molar-refractivity contribution in [3.63, 3.8) is 0 Å². The summed E-state index contributed by atoms with van der Waals surface area (Å²) in [6, 6.07) is 18.9. The van der Waals surface area contributed by atoms with Gasteiger partial charge < -0.3 is 15.5 Å². The van der Waals surface area contributed by atoms with E-state index in [0.29, 0.717) is 17.6 Å². The first-order chi connectivity index (χ1) is 19.7. The van der Waals surface area contributed by atoms with Crippen molar-refractivity contribution in [1.29, 1.82) is 0 Å². The van der Waals surface area contributed by atoms with E-state index in [9.17, 15) is 14.4 Å². The van der Waals surface area contributed by atoms with Crippen LogP contribution in [0, 0.1) is 13.8 Å². The van der Waals surface area contributed by atoms with Gasteiger partial charge in [0.1, 0.15) is 6.04 Å².